The third kappa shape index (κ3) is 2.63. The summed E-state index contributed by atoms with van der Waals surface area (Å²) in [7, 11) is -4.00. The monoisotopic (exact) mass is 301 g/mol. The van der Waals surface area contributed by atoms with Gasteiger partial charge in [0, 0.05) is 17.3 Å². The van der Waals surface area contributed by atoms with E-state index in [1.54, 1.807) is 24.3 Å². The Morgan fingerprint density at radius 2 is 1.86 bits per heavy atom. The van der Waals surface area contributed by atoms with Crippen molar-refractivity contribution >= 4 is 26.6 Å². The van der Waals surface area contributed by atoms with Crippen LogP contribution in [0.2, 0.25) is 0 Å². The van der Waals surface area contributed by atoms with Gasteiger partial charge < -0.3 is 5.73 Å². The van der Waals surface area contributed by atoms with Gasteiger partial charge in [0.05, 0.1) is 17.7 Å². The molecule has 0 bridgehead atoms. The van der Waals surface area contributed by atoms with Crippen molar-refractivity contribution in [1.82, 2.24) is 9.29 Å². The normalized spacial score (nSPS) is 11.2. The third-order valence-corrected chi connectivity index (χ3v) is 4.70. The van der Waals surface area contributed by atoms with Crippen LogP contribution >= 0.6 is 0 Å². The maximum Gasteiger partial charge on any atom is 0.247 e. The van der Waals surface area contributed by atoms with E-state index in [2.05, 4.69) is 4.98 Å². The second-order valence-corrected chi connectivity index (χ2v) is 6.05. The van der Waals surface area contributed by atoms with Crippen LogP contribution in [0.5, 0.6) is 0 Å². The van der Waals surface area contributed by atoms with Crippen molar-refractivity contribution in [3.63, 3.8) is 0 Å². The number of sulfonamides is 1. The highest BCUT2D eigenvalue weighted by Gasteiger charge is 2.27. The Kier molecular flexibility index (Phi) is 4.03. The van der Waals surface area contributed by atoms with E-state index in [1.165, 1.54) is 18.3 Å². The lowest BCUT2D eigenvalue weighted by Crippen LogP contribution is -2.32. The van der Waals surface area contributed by atoms with E-state index in [0.717, 1.165) is 4.31 Å². The van der Waals surface area contributed by atoms with Gasteiger partial charge in [0.1, 0.15) is 18.0 Å². The number of nitriles is 2. The van der Waals surface area contributed by atoms with Crippen molar-refractivity contribution in [1.29, 1.82) is 10.5 Å². The van der Waals surface area contributed by atoms with Gasteiger partial charge in [-0.2, -0.15) is 14.8 Å². The number of pyridine rings is 1. The van der Waals surface area contributed by atoms with Crippen molar-refractivity contribution in [3.05, 3.63) is 30.5 Å². The Bertz CT molecular complexity index is 848. The molecule has 0 atom stereocenters. The number of rotatable bonds is 4. The summed E-state index contributed by atoms with van der Waals surface area (Å²) in [4.78, 5) is 3.99. The summed E-state index contributed by atoms with van der Waals surface area (Å²) in [6.07, 6.45) is 1.46. The standard InChI is InChI=1S/C13H11N5O2S/c14-5-8-18(9-6-15)21(19,20)12-4-3-11(16)10-2-1-7-17-13(10)12/h1-4,7H,8-9,16H2. The molecule has 0 saturated carbocycles. The number of nitrogens with two attached hydrogens (primary N) is 1. The molecule has 7 nitrogen and oxygen atoms in total. The van der Waals surface area contributed by atoms with Crippen LogP contribution in [0.1, 0.15) is 0 Å². The summed E-state index contributed by atoms with van der Waals surface area (Å²) >= 11 is 0. The molecule has 21 heavy (non-hydrogen) atoms. The first-order valence-corrected chi connectivity index (χ1v) is 7.33. The van der Waals surface area contributed by atoms with Gasteiger partial charge in [-0.15, -0.1) is 0 Å². The number of hydrogen-bond donors (Lipinski definition) is 1. The Balaban J connectivity index is 2.69. The Labute approximate surface area is 121 Å². The van der Waals surface area contributed by atoms with Gasteiger partial charge in [-0.3, -0.25) is 4.98 Å². The second kappa shape index (κ2) is 5.75. The van der Waals surface area contributed by atoms with E-state index in [-0.39, 0.29) is 10.4 Å². The van der Waals surface area contributed by atoms with Gasteiger partial charge in [0.15, 0.2) is 0 Å². The van der Waals surface area contributed by atoms with Crippen LogP contribution in [0.4, 0.5) is 5.69 Å². The summed E-state index contributed by atoms with van der Waals surface area (Å²) in [5, 5.41) is 18.0. The molecule has 1 aromatic heterocycles. The van der Waals surface area contributed by atoms with Crippen LogP contribution in [0.15, 0.2) is 35.4 Å². The number of aromatic nitrogens is 1. The molecular formula is C13H11N5O2S. The number of anilines is 1. The minimum Gasteiger partial charge on any atom is -0.398 e. The van der Waals surface area contributed by atoms with Crippen LogP contribution in [0.25, 0.3) is 10.9 Å². The molecule has 1 aromatic carbocycles. The summed E-state index contributed by atoms with van der Waals surface area (Å²) in [5.41, 5.74) is 6.44. The molecular weight excluding hydrogens is 290 g/mol. The first-order chi connectivity index (χ1) is 10.0. The van der Waals surface area contributed by atoms with Gasteiger partial charge in [-0.1, -0.05) is 0 Å². The lowest BCUT2D eigenvalue weighted by molar-refractivity contribution is 0.480. The second-order valence-electron chi connectivity index (χ2n) is 4.14. The zero-order valence-electron chi connectivity index (χ0n) is 10.9. The molecule has 0 aliphatic rings. The lowest BCUT2D eigenvalue weighted by atomic mass is 10.2. The quantitative estimate of drug-likeness (QED) is 0.659. The lowest BCUT2D eigenvalue weighted by Gasteiger charge is -2.17. The van der Waals surface area contributed by atoms with Gasteiger partial charge in [0.25, 0.3) is 0 Å². The van der Waals surface area contributed by atoms with Gasteiger partial charge in [-0.25, -0.2) is 8.42 Å². The van der Waals surface area contributed by atoms with Crippen LogP contribution in [0, 0.1) is 22.7 Å². The molecule has 0 radical (unpaired) electrons. The molecule has 0 fully saturated rings. The van der Waals surface area contributed by atoms with E-state index in [0.29, 0.717) is 11.1 Å². The SMILES string of the molecule is N#CCN(CC#N)S(=O)(=O)c1ccc(N)c2cccnc12. The molecule has 0 spiro atoms. The molecule has 2 rings (SSSR count). The fourth-order valence-electron chi connectivity index (χ4n) is 1.90. The van der Waals surface area contributed by atoms with E-state index in [9.17, 15) is 8.42 Å². The summed E-state index contributed by atoms with van der Waals surface area (Å²) < 4.78 is 26.0. The van der Waals surface area contributed by atoms with Gasteiger partial charge >= 0.3 is 0 Å². The molecule has 0 unspecified atom stereocenters. The van der Waals surface area contributed by atoms with Crippen LogP contribution in [0.3, 0.4) is 0 Å². The van der Waals surface area contributed by atoms with Crippen LogP contribution in [-0.2, 0) is 10.0 Å². The highest BCUT2D eigenvalue weighted by molar-refractivity contribution is 7.89. The van der Waals surface area contributed by atoms with Crippen molar-refractivity contribution in [2.24, 2.45) is 0 Å². The molecule has 0 aliphatic heterocycles. The first-order valence-electron chi connectivity index (χ1n) is 5.89. The highest BCUT2D eigenvalue weighted by atomic mass is 32.2. The Hall–Kier alpha value is -2.68. The maximum absolute atomic E-state index is 12.6. The van der Waals surface area contributed by atoms with Crippen LogP contribution in [-0.4, -0.2) is 30.8 Å². The van der Waals surface area contributed by atoms with E-state index < -0.39 is 23.1 Å². The Morgan fingerprint density at radius 3 is 2.48 bits per heavy atom. The van der Waals surface area contributed by atoms with Gasteiger partial charge in [0.2, 0.25) is 10.0 Å². The fourth-order valence-corrected chi connectivity index (χ4v) is 3.28. The van der Waals surface area contributed by atoms with E-state index >= 15 is 0 Å². The average molecular weight is 301 g/mol. The molecule has 2 N–H and O–H groups in total. The molecule has 0 amide bonds. The molecule has 106 valence electrons. The number of nitrogens with zero attached hydrogens (tertiary/aromatic N) is 4. The van der Waals surface area contributed by atoms with E-state index in [4.69, 9.17) is 16.3 Å². The zero-order chi connectivity index (χ0) is 15.5. The predicted octanol–water partition coefficient (Wildman–Crippen LogP) is 0.855. The highest BCUT2D eigenvalue weighted by Crippen LogP contribution is 2.27. The summed E-state index contributed by atoms with van der Waals surface area (Å²) in [5.74, 6) is 0. The number of benzene rings is 1. The predicted molar refractivity (Wildman–Crippen MR) is 76.1 cm³/mol. The fraction of sp³-hybridized carbons (Fsp3) is 0.154. The number of fused-ring (bicyclic) bond motifs is 1. The third-order valence-electron chi connectivity index (χ3n) is 2.88. The van der Waals surface area contributed by atoms with Crippen molar-refractivity contribution in [3.8, 4) is 12.1 Å². The minimum absolute atomic E-state index is 0.0715. The smallest absolute Gasteiger partial charge is 0.247 e. The molecule has 1 heterocycles. The first kappa shape index (κ1) is 14.7. The largest absolute Gasteiger partial charge is 0.398 e. The average Bonchev–Trinajstić information content (AvgIpc) is 2.47. The molecule has 0 aliphatic carbocycles. The topological polar surface area (TPSA) is 124 Å². The van der Waals surface area contributed by atoms with E-state index in [1.807, 2.05) is 0 Å². The Morgan fingerprint density at radius 1 is 1.19 bits per heavy atom. The maximum atomic E-state index is 12.6. The van der Waals surface area contributed by atoms with Crippen molar-refractivity contribution < 1.29 is 8.42 Å². The zero-order valence-corrected chi connectivity index (χ0v) is 11.7. The molecule has 8 heteroatoms. The molecule has 0 saturated heterocycles. The number of nitrogen functional groups attached to an aromatic ring is 1. The van der Waals surface area contributed by atoms with Crippen molar-refractivity contribution in [2.45, 2.75) is 4.90 Å². The molecule has 2 aromatic rings. The summed E-state index contributed by atoms with van der Waals surface area (Å²) in [6, 6.07) is 9.59. The van der Waals surface area contributed by atoms with Gasteiger partial charge in [-0.05, 0) is 24.3 Å². The minimum atomic E-state index is -4.00. The summed E-state index contributed by atoms with van der Waals surface area (Å²) in [6.45, 7) is -0.816. The van der Waals surface area contributed by atoms with Crippen molar-refractivity contribution in [2.75, 3.05) is 18.8 Å². The van der Waals surface area contributed by atoms with Crippen LogP contribution < -0.4 is 5.73 Å². The number of hydrogen-bond acceptors (Lipinski definition) is 6.